The summed E-state index contributed by atoms with van der Waals surface area (Å²) < 4.78 is 5.51. The maximum absolute atomic E-state index is 13.1. The molecular weight excluding hydrogens is 378 g/mol. The Labute approximate surface area is 178 Å². The van der Waals surface area contributed by atoms with Gasteiger partial charge in [-0.15, -0.1) is 0 Å². The van der Waals surface area contributed by atoms with E-state index < -0.39 is 5.97 Å². The van der Waals surface area contributed by atoms with Crippen molar-refractivity contribution in [2.45, 2.75) is 52.1 Å². The van der Waals surface area contributed by atoms with Gasteiger partial charge in [0.05, 0.1) is 11.1 Å². The molecule has 1 fully saturated rings. The normalized spacial score (nSPS) is 24.3. The number of aromatic nitrogens is 1. The average molecular weight is 410 g/mol. The number of hydrogen-bond donors (Lipinski definition) is 1. The largest absolute Gasteiger partial charge is 0.452 e. The molecule has 2 aliphatic rings. The predicted octanol–water partition coefficient (Wildman–Crippen LogP) is 3.32. The number of likely N-dealkylation sites (N-methyl/N-ethyl adjacent to an activating group) is 1. The molecule has 3 unspecified atom stereocenters. The van der Waals surface area contributed by atoms with Gasteiger partial charge in [0.25, 0.3) is 5.91 Å². The second-order valence-corrected chi connectivity index (χ2v) is 8.93. The van der Waals surface area contributed by atoms with Crippen LogP contribution in [-0.2, 0) is 22.5 Å². The van der Waals surface area contributed by atoms with Crippen LogP contribution in [0.5, 0.6) is 0 Å². The van der Waals surface area contributed by atoms with Gasteiger partial charge in [0.2, 0.25) is 0 Å². The Morgan fingerprint density at radius 1 is 1.23 bits per heavy atom. The van der Waals surface area contributed by atoms with Crippen LogP contribution in [0.2, 0.25) is 0 Å². The number of pyridine rings is 1. The molecule has 0 saturated heterocycles. The molecule has 2 aromatic rings. The maximum atomic E-state index is 13.1. The molecule has 6 nitrogen and oxygen atoms in total. The number of para-hydroxylation sites is 1. The molecule has 6 heteroatoms. The van der Waals surface area contributed by atoms with Crippen molar-refractivity contribution in [3.8, 4) is 0 Å². The second kappa shape index (κ2) is 8.72. The predicted molar refractivity (Wildman–Crippen MR) is 116 cm³/mol. The highest BCUT2D eigenvalue weighted by Gasteiger charge is 2.29. The summed E-state index contributed by atoms with van der Waals surface area (Å²) in [5.41, 5.74) is 3.22. The Hall–Kier alpha value is -2.47. The van der Waals surface area contributed by atoms with Gasteiger partial charge in [-0.2, -0.15) is 0 Å². The first-order valence-corrected chi connectivity index (χ1v) is 11.0. The standard InChI is InChI=1S/C24H31N3O3/c1-15-7-6-10-19(16(15)2)26-22(28)14-30-24(29)23-17-8-4-5-9-20(17)25-21-11-12-27(3)13-18(21)23/h4-5,8-9,15-16,19H,6-7,10-14H2,1-3H3,(H,26,28). The first-order chi connectivity index (χ1) is 14.4. The summed E-state index contributed by atoms with van der Waals surface area (Å²) in [6, 6.07) is 7.80. The van der Waals surface area contributed by atoms with Crippen molar-refractivity contribution in [2.24, 2.45) is 11.8 Å². The van der Waals surface area contributed by atoms with E-state index >= 15 is 0 Å². The van der Waals surface area contributed by atoms with Gasteiger partial charge < -0.3 is 15.0 Å². The summed E-state index contributed by atoms with van der Waals surface area (Å²) in [6.45, 7) is 5.73. The molecule has 160 valence electrons. The van der Waals surface area contributed by atoms with Gasteiger partial charge in [-0.05, 0) is 31.4 Å². The van der Waals surface area contributed by atoms with Crippen LogP contribution >= 0.6 is 0 Å². The van der Waals surface area contributed by atoms with Gasteiger partial charge in [0, 0.05) is 42.2 Å². The quantitative estimate of drug-likeness (QED) is 0.785. The lowest BCUT2D eigenvalue weighted by molar-refractivity contribution is -0.125. The summed E-state index contributed by atoms with van der Waals surface area (Å²) in [5.74, 6) is 0.363. The molecule has 4 rings (SSSR count). The number of ether oxygens (including phenoxy) is 1. The van der Waals surface area contributed by atoms with Gasteiger partial charge >= 0.3 is 5.97 Å². The number of carbonyl (C=O) groups is 2. The summed E-state index contributed by atoms with van der Waals surface area (Å²) in [6.07, 6.45) is 4.12. The molecular formula is C24H31N3O3. The van der Waals surface area contributed by atoms with Crippen molar-refractivity contribution in [1.82, 2.24) is 15.2 Å². The third kappa shape index (κ3) is 4.19. The maximum Gasteiger partial charge on any atom is 0.339 e. The SMILES string of the molecule is CC1CCCC(NC(=O)COC(=O)c2c3c(nc4ccccc24)CCN(C)C3)C1C. The fourth-order valence-electron chi connectivity index (χ4n) is 4.80. The monoisotopic (exact) mass is 409 g/mol. The number of benzene rings is 1. The highest BCUT2D eigenvalue weighted by atomic mass is 16.5. The molecule has 1 amide bonds. The minimum absolute atomic E-state index is 0.156. The van der Waals surface area contributed by atoms with E-state index in [1.54, 1.807) is 0 Å². The van der Waals surface area contributed by atoms with Crippen LogP contribution in [0, 0.1) is 11.8 Å². The lowest BCUT2D eigenvalue weighted by atomic mass is 9.78. The topological polar surface area (TPSA) is 71.5 Å². The second-order valence-electron chi connectivity index (χ2n) is 8.93. The minimum Gasteiger partial charge on any atom is -0.452 e. The summed E-state index contributed by atoms with van der Waals surface area (Å²) in [5, 5.41) is 3.86. The van der Waals surface area contributed by atoms with Crippen molar-refractivity contribution in [3.63, 3.8) is 0 Å². The Morgan fingerprint density at radius 2 is 2.03 bits per heavy atom. The Bertz CT molecular complexity index is 958. The van der Waals surface area contributed by atoms with Gasteiger partial charge in [-0.25, -0.2) is 4.79 Å². The number of nitrogens with zero attached hydrogens (tertiary/aromatic N) is 2. The summed E-state index contributed by atoms with van der Waals surface area (Å²) in [4.78, 5) is 32.5. The molecule has 1 saturated carbocycles. The number of hydrogen-bond acceptors (Lipinski definition) is 5. The van der Waals surface area contributed by atoms with Crippen LogP contribution in [0.1, 0.15) is 54.7 Å². The van der Waals surface area contributed by atoms with Crippen LogP contribution in [0.4, 0.5) is 0 Å². The van der Waals surface area contributed by atoms with E-state index in [-0.39, 0.29) is 18.6 Å². The van der Waals surface area contributed by atoms with Crippen LogP contribution < -0.4 is 5.32 Å². The fraction of sp³-hybridized carbons (Fsp3) is 0.542. The lowest BCUT2D eigenvalue weighted by Gasteiger charge is -2.34. The molecule has 0 radical (unpaired) electrons. The zero-order valence-electron chi connectivity index (χ0n) is 18.1. The smallest absolute Gasteiger partial charge is 0.339 e. The summed E-state index contributed by atoms with van der Waals surface area (Å²) in [7, 11) is 2.03. The number of esters is 1. The zero-order valence-corrected chi connectivity index (χ0v) is 18.1. The number of amides is 1. The Morgan fingerprint density at radius 3 is 2.87 bits per heavy atom. The van der Waals surface area contributed by atoms with Gasteiger partial charge in [-0.1, -0.05) is 44.9 Å². The Kier molecular flexibility index (Phi) is 6.04. The first-order valence-electron chi connectivity index (χ1n) is 11.0. The molecule has 3 atom stereocenters. The fourth-order valence-corrected chi connectivity index (χ4v) is 4.80. The molecule has 1 aromatic carbocycles. The van der Waals surface area contributed by atoms with Gasteiger partial charge in [0.15, 0.2) is 6.61 Å². The third-order valence-electron chi connectivity index (χ3n) is 6.83. The molecule has 2 heterocycles. The van der Waals surface area contributed by atoms with Crippen molar-refractivity contribution < 1.29 is 14.3 Å². The van der Waals surface area contributed by atoms with E-state index in [4.69, 9.17) is 9.72 Å². The molecule has 30 heavy (non-hydrogen) atoms. The van der Waals surface area contributed by atoms with E-state index in [1.807, 2.05) is 31.3 Å². The van der Waals surface area contributed by atoms with Crippen LogP contribution in [0.15, 0.2) is 24.3 Å². The number of carbonyl (C=O) groups excluding carboxylic acids is 2. The van der Waals surface area contributed by atoms with Crippen LogP contribution in [0.3, 0.4) is 0 Å². The van der Waals surface area contributed by atoms with Gasteiger partial charge in [0.1, 0.15) is 0 Å². The van der Waals surface area contributed by atoms with Crippen LogP contribution in [-0.4, -0.2) is 48.0 Å². The summed E-state index contributed by atoms with van der Waals surface area (Å²) >= 11 is 0. The molecule has 0 bridgehead atoms. The third-order valence-corrected chi connectivity index (χ3v) is 6.83. The highest BCUT2D eigenvalue weighted by molar-refractivity contribution is 6.05. The van der Waals surface area contributed by atoms with Crippen molar-refractivity contribution in [2.75, 3.05) is 20.2 Å². The number of fused-ring (bicyclic) bond motifs is 2. The highest BCUT2D eigenvalue weighted by Crippen LogP contribution is 2.30. The van der Waals surface area contributed by atoms with Crippen molar-refractivity contribution in [1.29, 1.82) is 0 Å². The Balaban J connectivity index is 1.51. The molecule has 1 aliphatic carbocycles. The lowest BCUT2D eigenvalue weighted by Crippen LogP contribution is -2.45. The number of nitrogens with one attached hydrogen (secondary N) is 1. The van der Waals surface area contributed by atoms with E-state index in [0.29, 0.717) is 23.9 Å². The van der Waals surface area contributed by atoms with E-state index in [0.717, 1.165) is 48.0 Å². The molecule has 1 N–H and O–H groups in total. The van der Waals surface area contributed by atoms with E-state index in [2.05, 4.69) is 24.1 Å². The molecule has 0 spiro atoms. The van der Waals surface area contributed by atoms with Gasteiger partial charge in [-0.3, -0.25) is 9.78 Å². The minimum atomic E-state index is -0.444. The molecule has 1 aliphatic heterocycles. The van der Waals surface area contributed by atoms with Crippen LogP contribution in [0.25, 0.3) is 10.9 Å². The van der Waals surface area contributed by atoms with Crippen molar-refractivity contribution in [3.05, 3.63) is 41.1 Å². The molecule has 1 aromatic heterocycles. The first kappa shape index (κ1) is 20.8. The van der Waals surface area contributed by atoms with Crippen molar-refractivity contribution >= 4 is 22.8 Å². The van der Waals surface area contributed by atoms with E-state index in [1.165, 1.54) is 6.42 Å². The number of rotatable bonds is 4. The average Bonchev–Trinajstić information content (AvgIpc) is 2.73. The zero-order chi connectivity index (χ0) is 21.3. The van der Waals surface area contributed by atoms with E-state index in [9.17, 15) is 9.59 Å².